The monoisotopic (exact) mass is 304 g/mol. The Bertz CT molecular complexity index is 455. The van der Waals surface area contributed by atoms with Crippen molar-refractivity contribution in [1.29, 1.82) is 0 Å². The van der Waals surface area contributed by atoms with Crippen molar-refractivity contribution in [1.82, 2.24) is 4.90 Å². The van der Waals surface area contributed by atoms with E-state index in [-0.39, 0.29) is 12.3 Å². The fraction of sp³-hybridized carbons (Fsp3) is 0.611. The highest BCUT2D eigenvalue weighted by Crippen LogP contribution is 2.28. The molecule has 1 fully saturated rings. The predicted molar refractivity (Wildman–Crippen MR) is 88.5 cm³/mol. The van der Waals surface area contributed by atoms with Gasteiger partial charge >= 0.3 is 0 Å². The van der Waals surface area contributed by atoms with Gasteiger partial charge in [0.15, 0.2) is 0 Å². The van der Waals surface area contributed by atoms with Gasteiger partial charge in [0.2, 0.25) is 5.91 Å². The first kappa shape index (κ1) is 17.0. The zero-order chi connectivity index (χ0) is 15.9. The first-order chi connectivity index (χ1) is 10.6. The second-order valence-corrected chi connectivity index (χ2v) is 6.53. The number of aliphatic hydroxyl groups excluding tert-OH is 1. The summed E-state index contributed by atoms with van der Waals surface area (Å²) in [5, 5.41) is 9.89. The van der Waals surface area contributed by atoms with Crippen molar-refractivity contribution in [2.45, 2.75) is 44.6 Å². The van der Waals surface area contributed by atoms with E-state index in [2.05, 4.69) is 35.2 Å². The molecule has 1 unspecified atom stereocenters. The summed E-state index contributed by atoms with van der Waals surface area (Å²) in [6, 6.07) is 10.7. The van der Waals surface area contributed by atoms with E-state index in [0.29, 0.717) is 5.92 Å². The Morgan fingerprint density at radius 3 is 2.55 bits per heavy atom. The van der Waals surface area contributed by atoms with E-state index in [4.69, 9.17) is 5.73 Å². The second kappa shape index (κ2) is 8.30. The molecule has 1 amide bonds. The van der Waals surface area contributed by atoms with Crippen molar-refractivity contribution in [2.24, 2.45) is 11.7 Å². The van der Waals surface area contributed by atoms with Crippen molar-refractivity contribution < 1.29 is 9.90 Å². The van der Waals surface area contributed by atoms with Gasteiger partial charge in [-0.3, -0.25) is 4.79 Å². The highest BCUT2D eigenvalue weighted by atomic mass is 16.3. The largest absolute Gasteiger partial charge is 0.392 e. The molecule has 0 aliphatic carbocycles. The molecular weight excluding hydrogens is 276 g/mol. The van der Waals surface area contributed by atoms with Crippen LogP contribution < -0.4 is 5.73 Å². The fourth-order valence-corrected chi connectivity index (χ4v) is 3.20. The number of carbonyl (C=O) groups is 1. The predicted octanol–water partition coefficient (Wildman–Crippen LogP) is 2.13. The van der Waals surface area contributed by atoms with E-state index in [9.17, 15) is 9.90 Å². The lowest BCUT2D eigenvalue weighted by molar-refractivity contribution is -0.120. The van der Waals surface area contributed by atoms with Gasteiger partial charge in [0, 0.05) is 0 Å². The lowest BCUT2D eigenvalue weighted by atomic mass is 9.89. The zero-order valence-corrected chi connectivity index (χ0v) is 13.4. The van der Waals surface area contributed by atoms with Gasteiger partial charge in [-0.2, -0.15) is 0 Å². The normalized spacial score (nSPS) is 19.7. The molecule has 2 rings (SSSR count). The van der Waals surface area contributed by atoms with Crippen molar-refractivity contribution in [2.75, 3.05) is 19.6 Å². The van der Waals surface area contributed by atoms with Gasteiger partial charge in [0.25, 0.3) is 0 Å². The molecule has 3 N–H and O–H groups in total. The second-order valence-electron chi connectivity index (χ2n) is 6.53. The number of nitrogens with two attached hydrogens (primary N) is 1. The number of aliphatic hydroxyl groups is 1. The van der Waals surface area contributed by atoms with Gasteiger partial charge in [-0.1, -0.05) is 37.3 Å². The maximum absolute atomic E-state index is 10.8. The molecule has 0 saturated carbocycles. The molecule has 1 saturated heterocycles. The summed E-state index contributed by atoms with van der Waals surface area (Å²) >= 11 is 0. The van der Waals surface area contributed by atoms with Crippen LogP contribution in [-0.4, -0.2) is 41.7 Å². The first-order valence-corrected chi connectivity index (χ1v) is 8.30. The number of hydrogen-bond donors (Lipinski definition) is 2. The SMILES string of the molecule is C[C@H](CCN1CCC(c2ccccc2)CC1)C(O)CC(N)=O. The number of amides is 1. The average Bonchev–Trinajstić information content (AvgIpc) is 2.53. The standard InChI is InChI=1S/C18H28N2O2/c1-14(17(21)13-18(19)22)7-10-20-11-8-16(9-12-20)15-5-3-2-4-6-15/h2-6,14,16-17,21H,7-13H2,1H3,(H2,19,22)/t14-,17?/m1/s1. The van der Waals surface area contributed by atoms with Gasteiger partial charge in [0.1, 0.15) is 0 Å². The summed E-state index contributed by atoms with van der Waals surface area (Å²) in [6.07, 6.45) is 2.76. The summed E-state index contributed by atoms with van der Waals surface area (Å²) in [6.45, 7) is 5.19. The molecule has 122 valence electrons. The number of carbonyl (C=O) groups excluding carboxylic acids is 1. The zero-order valence-electron chi connectivity index (χ0n) is 13.4. The van der Waals surface area contributed by atoms with Crippen LogP contribution in [0.25, 0.3) is 0 Å². The third-order valence-corrected chi connectivity index (χ3v) is 4.83. The van der Waals surface area contributed by atoms with Crippen molar-refractivity contribution in [3.8, 4) is 0 Å². The molecule has 1 aliphatic heterocycles. The summed E-state index contributed by atoms with van der Waals surface area (Å²) in [4.78, 5) is 13.3. The highest BCUT2D eigenvalue weighted by Gasteiger charge is 2.22. The highest BCUT2D eigenvalue weighted by molar-refractivity contribution is 5.74. The smallest absolute Gasteiger partial charge is 0.220 e. The molecule has 0 bridgehead atoms. The molecule has 0 spiro atoms. The van der Waals surface area contributed by atoms with E-state index in [1.165, 1.54) is 18.4 Å². The van der Waals surface area contributed by atoms with Crippen LogP contribution >= 0.6 is 0 Å². The van der Waals surface area contributed by atoms with Gasteiger partial charge in [-0.05, 0) is 56.3 Å². The summed E-state index contributed by atoms with van der Waals surface area (Å²) in [5.41, 5.74) is 6.58. The van der Waals surface area contributed by atoms with E-state index in [1.54, 1.807) is 0 Å². The Hall–Kier alpha value is -1.39. The molecular formula is C18H28N2O2. The molecule has 22 heavy (non-hydrogen) atoms. The van der Waals surface area contributed by atoms with Gasteiger partial charge in [-0.25, -0.2) is 0 Å². The van der Waals surface area contributed by atoms with Crippen LogP contribution in [0.3, 0.4) is 0 Å². The maximum Gasteiger partial charge on any atom is 0.220 e. The number of piperidine rings is 1. The molecule has 1 aromatic rings. The van der Waals surface area contributed by atoms with Crippen molar-refractivity contribution in [3.63, 3.8) is 0 Å². The van der Waals surface area contributed by atoms with Crippen LogP contribution in [0.4, 0.5) is 0 Å². The number of nitrogens with zero attached hydrogens (tertiary/aromatic N) is 1. The van der Waals surface area contributed by atoms with E-state index < -0.39 is 12.0 Å². The third-order valence-electron chi connectivity index (χ3n) is 4.83. The van der Waals surface area contributed by atoms with Crippen molar-refractivity contribution in [3.05, 3.63) is 35.9 Å². The fourth-order valence-electron chi connectivity index (χ4n) is 3.20. The van der Waals surface area contributed by atoms with Crippen LogP contribution in [0.2, 0.25) is 0 Å². The number of primary amides is 1. The molecule has 4 heteroatoms. The Morgan fingerprint density at radius 2 is 1.95 bits per heavy atom. The van der Waals surface area contributed by atoms with Crippen LogP contribution in [-0.2, 0) is 4.79 Å². The van der Waals surface area contributed by atoms with Crippen LogP contribution in [0.5, 0.6) is 0 Å². The summed E-state index contributed by atoms with van der Waals surface area (Å²) in [7, 11) is 0. The average molecular weight is 304 g/mol. The van der Waals surface area contributed by atoms with Crippen LogP contribution in [0.15, 0.2) is 30.3 Å². The number of likely N-dealkylation sites (tertiary alicyclic amines) is 1. The lowest BCUT2D eigenvalue weighted by Gasteiger charge is -2.33. The Kier molecular flexibility index (Phi) is 6.40. The molecule has 0 radical (unpaired) electrons. The van der Waals surface area contributed by atoms with Gasteiger partial charge in [-0.15, -0.1) is 0 Å². The third kappa shape index (κ3) is 5.11. The van der Waals surface area contributed by atoms with E-state index in [1.807, 2.05) is 6.92 Å². The minimum Gasteiger partial charge on any atom is -0.392 e. The quantitative estimate of drug-likeness (QED) is 0.811. The van der Waals surface area contributed by atoms with Gasteiger partial charge in [0.05, 0.1) is 12.5 Å². The van der Waals surface area contributed by atoms with E-state index >= 15 is 0 Å². The lowest BCUT2D eigenvalue weighted by Crippen LogP contribution is -2.35. The minimum absolute atomic E-state index is 0.0667. The maximum atomic E-state index is 10.8. The molecule has 1 aromatic carbocycles. The Labute approximate surface area is 133 Å². The Morgan fingerprint density at radius 1 is 1.32 bits per heavy atom. The molecule has 1 heterocycles. The molecule has 0 aromatic heterocycles. The number of hydrogen-bond acceptors (Lipinski definition) is 3. The van der Waals surface area contributed by atoms with E-state index in [0.717, 1.165) is 26.1 Å². The molecule has 1 aliphatic rings. The Balaban J connectivity index is 1.70. The molecule has 4 nitrogen and oxygen atoms in total. The van der Waals surface area contributed by atoms with Crippen LogP contribution in [0, 0.1) is 5.92 Å². The first-order valence-electron chi connectivity index (χ1n) is 8.30. The summed E-state index contributed by atoms with van der Waals surface area (Å²) in [5.74, 6) is 0.359. The topological polar surface area (TPSA) is 66.6 Å². The minimum atomic E-state index is -0.612. The molecule has 2 atom stereocenters. The van der Waals surface area contributed by atoms with Crippen LogP contribution in [0.1, 0.15) is 44.1 Å². The van der Waals surface area contributed by atoms with Crippen molar-refractivity contribution >= 4 is 5.91 Å². The number of benzene rings is 1. The number of rotatable bonds is 7. The van der Waals surface area contributed by atoms with Gasteiger partial charge < -0.3 is 15.7 Å². The summed E-state index contributed by atoms with van der Waals surface area (Å²) < 4.78 is 0.